The van der Waals surface area contributed by atoms with Crippen LogP contribution >= 0.6 is 0 Å². The predicted molar refractivity (Wildman–Crippen MR) is 92.0 cm³/mol. The second-order valence-electron chi connectivity index (χ2n) is 6.32. The SMILES string of the molecule is CCc1ccc(N2CCN(C(=O)NCC3CCCO3)CC2)cc1. The molecular formula is C18H27N3O2. The van der Waals surface area contributed by atoms with Crippen molar-refractivity contribution in [3.63, 3.8) is 0 Å². The third kappa shape index (κ3) is 4.16. The van der Waals surface area contributed by atoms with Crippen LogP contribution < -0.4 is 10.2 Å². The average Bonchev–Trinajstić information content (AvgIpc) is 3.13. The molecular weight excluding hydrogens is 290 g/mol. The van der Waals surface area contributed by atoms with E-state index in [1.54, 1.807) is 0 Å². The van der Waals surface area contributed by atoms with E-state index in [1.807, 2.05) is 4.90 Å². The van der Waals surface area contributed by atoms with Crippen molar-refractivity contribution in [3.05, 3.63) is 29.8 Å². The van der Waals surface area contributed by atoms with Gasteiger partial charge in [-0.05, 0) is 37.0 Å². The summed E-state index contributed by atoms with van der Waals surface area (Å²) in [6, 6.07) is 8.80. The highest BCUT2D eigenvalue weighted by Crippen LogP contribution is 2.18. The van der Waals surface area contributed by atoms with E-state index in [1.165, 1.54) is 11.3 Å². The topological polar surface area (TPSA) is 44.8 Å². The largest absolute Gasteiger partial charge is 0.376 e. The zero-order valence-corrected chi connectivity index (χ0v) is 14.0. The lowest BCUT2D eigenvalue weighted by Gasteiger charge is -2.36. The molecule has 23 heavy (non-hydrogen) atoms. The number of nitrogens with one attached hydrogen (secondary N) is 1. The number of anilines is 1. The Bertz CT molecular complexity index is 504. The van der Waals surface area contributed by atoms with E-state index >= 15 is 0 Å². The number of nitrogens with zero attached hydrogens (tertiary/aromatic N) is 2. The Morgan fingerprint density at radius 3 is 2.57 bits per heavy atom. The second kappa shape index (κ2) is 7.68. The first-order valence-electron chi connectivity index (χ1n) is 8.74. The summed E-state index contributed by atoms with van der Waals surface area (Å²) in [7, 11) is 0. The maximum Gasteiger partial charge on any atom is 0.317 e. The molecule has 5 nitrogen and oxygen atoms in total. The van der Waals surface area contributed by atoms with Crippen LogP contribution in [0.2, 0.25) is 0 Å². The maximum absolute atomic E-state index is 12.2. The number of carbonyl (C=O) groups is 1. The molecule has 5 heteroatoms. The molecule has 126 valence electrons. The first-order valence-corrected chi connectivity index (χ1v) is 8.74. The number of hydrogen-bond donors (Lipinski definition) is 1. The molecule has 0 aliphatic carbocycles. The molecule has 0 saturated carbocycles. The number of aryl methyl sites for hydroxylation is 1. The molecule has 2 heterocycles. The molecule has 1 aromatic rings. The first-order chi connectivity index (χ1) is 11.3. The highest BCUT2D eigenvalue weighted by molar-refractivity contribution is 5.74. The van der Waals surface area contributed by atoms with Crippen LogP contribution in [0.4, 0.5) is 10.5 Å². The third-order valence-electron chi connectivity index (χ3n) is 4.78. The molecule has 0 spiro atoms. The van der Waals surface area contributed by atoms with Crippen LogP contribution in [-0.2, 0) is 11.2 Å². The number of benzene rings is 1. The highest BCUT2D eigenvalue weighted by Gasteiger charge is 2.22. The molecule has 1 aromatic carbocycles. The lowest BCUT2D eigenvalue weighted by molar-refractivity contribution is 0.108. The quantitative estimate of drug-likeness (QED) is 0.926. The zero-order valence-electron chi connectivity index (χ0n) is 14.0. The third-order valence-corrected chi connectivity index (χ3v) is 4.78. The summed E-state index contributed by atoms with van der Waals surface area (Å²) in [5.41, 5.74) is 2.61. The Morgan fingerprint density at radius 1 is 1.22 bits per heavy atom. The van der Waals surface area contributed by atoms with Gasteiger partial charge in [0, 0.05) is 45.0 Å². The minimum atomic E-state index is 0.0430. The van der Waals surface area contributed by atoms with Crippen LogP contribution in [0.5, 0.6) is 0 Å². The van der Waals surface area contributed by atoms with Gasteiger partial charge < -0.3 is 19.9 Å². The number of ether oxygens (including phenoxy) is 1. The van der Waals surface area contributed by atoms with Gasteiger partial charge in [0.05, 0.1) is 6.10 Å². The van der Waals surface area contributed by atoms with E-state index in [-0.39, 0.29) is 12.1 Å². The molecule has 0 bridgehead atoms. The van der Waals surface area contributed by atoms with Gasteiger partial charge in [0.1, 0.15) is 0 Å². The monoisotopic (exact) mass is 317 g/mol. The van der Waals surface area contributed by atoms with Crippen molar-refractivity contribution >= 4 is 11.7 Å². The molecule has 0 aromatic heterocycles. The molecule has 2 aliphatic heterocycles. The van der Waals surface area contributed by atoms with E-state index in [0.717, 1.165) is 52.0 Å². The highest BCUT2D eigenvalue weighted by atomic mass is 16.5. The van der Waals surface area contributed by atoms with Gasteiger partial charge in [-0.1, -0.05) is 19.1 Å². The number of amides is 2. The number of carbonyl (C=O) groups excluding carboxylic acids is 1. The van der Waals surface area contributed by atoms with Crippen LogP contribution in [0.3, 0.4) is 0 Å². The fraction of sp³-hybridized carbons (Fsp3) is 0.611. The fourth-order valence-corrected chi connectivity index (χ4v) is 3.23. The lowest BCUT2D eigenvalue weighted by atomic mass is 10.1. The van der Waals surface area contributed by atoms with Crippen molar-refractivity contribution in [2.45, 2.75) is 32.3 Å². The Balaban J connectivity index is 1.44. The molecule has 1 unspecified atom stereocenters. The summed E-state index contributed by atoms with van der Waals surface area (Å²) in [5.74, 6) is 0. The average molecular weight is 317 g/mol. The number of urea groups is 1. The molecule has 2 fully saturated rings. The first kappa shape index (κ1) is 16.1. The molecule has 2 aliphatic rings. The van der Waals surface area contributed by atoms with Crippen LogP contribution in [0.25, 0.3) is 0 Å². The van der Waals surface area contributed by atoms with Crippen molar-refractivity contribution in [2.75, 3.05) is 44.2 Å². The molecule has 1 N–H and O–H groups in total. The Labute approximate surface area is 138 Å². The van der Waals surface area contributed by atoms with E-state index in [0.29, 0.717) is 6.54 Å². The van der Waals surface area contributed by atoms with E-state index in [2.05, 4.69) is 41.4 Å². The standard InChI is InChI=1S/C18H27N3O2/c1-2-15-5-7-16(8-6-15)20-9-11-21(12-10-20)18(22)19-14-17-4-3-13-23-17/h5-8,17H,2-4,9-14H2,1H3,(H,19,22). The minimum Gasteiger partial charge on any atom is -0.376 e. The van der Waals surface area contributed by atoms with Crippen molar-refractivity contribution in [1.82, 2.24) is 10.2 Å². The van der Waals surface area contributed by atoms with Gasteiger partial charge in [-0.15, -0.1) is 0 Å². The Morgan fingerprint density at radius 2 is 1.96 bits per heavy atom. The summed E-state index contributed by atoms with van der Waals surface area (Å²) >= 11 is 0. The van der Waals surface area contributed by atoms with Crippen LogP contribution in [0.1, 0.15) is 25.3 Å². The predicted octanol–water partition coefficient (Wildman–Crippen LogP) is 2.26. The van der Waals surface area contributed by atoms with Gasteiger partial charge in [0.25, 0.3) is 0 Å². The summed E-state index contributed by atoms with van der Waals surface area (Å²) in [6.07, 6.45) is 3.44. The summed E-state index contributed by atoms with van der Waals surface area (Å²) < 4.78 is 5.54. The van der Waals surface area contributed by atoms with Gasteiger partial charge >= 0.3 is 6.03 Å². The van der Waals surface area contributed by atoms with Crippen LogP contribution in [-0.4, -0.2) is 56.4 Å². The van der Waals surface area contributed by atoms with E-state index in [9.17, 15) is 4.79 Å². The summed E-state index contributed by atoms with van der Waals surface area (Å²) in [5, 5.41) is 3.01. The summed E-state index contributed by atoms with van der Waals surface area (Å²) in [6.45, 7) is 6.95. The fourth-order valence-electron chi connectivity index (χ4n) is 3.23. The molecule has 0 radical (unpaired) electrons. The van der Waals surface area contributed by atoms with Crippen molar-refractivity contribution in [3.8, 4) is 0 Å². The van der Waals surface area contributed by atoms with Gasteiger partial charge in [-0.3, -0.25) is 0 Å². The molecule has 2 saturated heterocycles. The molecule has 3 rings (SSSR count). The molecule has 1 atom stereocenters. The Hall–Kier alpha value is -1.75. The maximum atomic E-state index is 12.2. The van der Waals surface area contributed by atoms with Gasteiger partial charge in [0.15, 0.2) is 0 Å². The van der Waals surface area contributed by atoms with Gasteiger partial charge in [-0.2, -0.15) is 0 Å². The van der Waals surface area contributed by atoms with Crippen molar-refractivity contribution in [1.29, 1.82) is 0 Å². The second-order valence-corrected chi connectivity index (χ2v) is 6.32. The number of piperazine rings is 1. The van der Waals surface area contributed by atoms with Gasteiger partial charge in [-0.25, -0.2) is 4.79 Å². The number of rotatable bonds is 4. The van der Waals surface area contributed by atoms with Gasteiger partial charge in [0.2, 0.25) is 0 Å². The van der Waals surface area contributed by atoms with Crippen molar-refractivity contribution in [2.24, 2.45) is 0 Å². The lowest BCUT2D eigenvalue weighted by Crippen LogP contribution is -2.52. The summed E-state index contributed by atoms with van der Waals surface area (Å²) in [4.78, 5) is 16.5. The van der Waals surface area contributed by atoms with Crippen molar-refractivity contribution < 1.29 is 9.53 Å². The minimum absolute atomic E-state index is 0.0430. The van der Waals surface area contributed by atoms with Crippen LogP contribution in [0.15, 0.2) is 24.3 Å². The Kier molecular flexibility index (Phi) is 5.39. The zero-order chi connectivity index (χ0) is 16.1. The van der Waals surface area contributed by atoms with E-state index < -0.39 is 0 Å². The van der Waals surface area contributed by atoms with Crippen LogP contribution in [0, 0.1) is 0 Å². The smallest absolute Gasteiger partial charge is 0.317 e. The van der Waals surface area contributed by atoms with E-state index in [4.69, 9.17) is 4.74 Å². The number of hydrogen-bond acceptors (Lipinski definition) is 3. The normalized spacial score (nSPS) is 21.5. The molecule has 2 amide bonds.